The van der Waals surface area contributed by atoms with E-state index in [2.05, 4.69) is 0 Å². The first-order chi connectivity index (χ1) is 8.25. The number of ketones is 1. The SMILES string of the molecule is O=C1C=C2CCC(=O)N2[C@H](C2CCCCC2)C1. The molecule has 2 heterocycles. The molecule has 0 aromatic rings. The minimum atomic E-state index is 0.179. The Morgan fingerprint density at radius 3 is 2.59 bits per heavy atom. The summed E-state index contributed by atoms with van der Waals surface area (Å²) in [6.45, 7) is 0. The Morgan fingerprint density at radius 2 is 1.82 bits per heavy atom. The van der Waals surface area contributed by atoms with Gasteiger partial charge in [-0.15, -0.1) is 0 Å². The molecule has 0 radical (unpaired) electrons. The molecule has 0 aromatic heterocycles. The van der Waals surface area contributed by atoms with Gasteiger partial charge in [0.05, 0.1) is 0 Å². The summed E-state index contributed by atoms with van der Waals surface area (Å²) in [7, 11) is 0. The van der Waals surface area contributed by atoms with Crippen LogP contribution in [-0.4, -0.2) is 22.6 Å². The lowest BCUT2D eigenvalue weighted by atomic mass is 9.80. The number of allylic oxidation sites excluding steroid dienone is 2. The molecule has 0 spiro atoms. The summed E-state index contributed by atoms with van der Waals surface area (Å²) in [5, 5.41) is 0. The highest BCUT2D eigenvalue weighted by Gasteiger charge is 2.40. The number of carbonyl (C=O) groups excluding carboxylic acids is 2. The lowest BCUT2D eigenvalue weighted by Crippen LogP contribution is -2.44. The van der Waals surface area contributed by atoms with Crippen LogP contribution in [-0.2, 0) is 9.59 Å². The Kier molecular flexibility index (Phi) is 2.77. The van der Waals surface area contributed by atoms with Crippen LogP contribution in [0.25, 0.3) is 0 Å². The van der Waals surface area contributed by atoms with Crippen LogP contribution < -0.4 is 0 Å². The van der Waals surface area contributed by atoms with Crippen molar-refractivity contribution in [3.63, 3.8) is 0 Å². The summed E-state index contributed by atoms with van der Waals surface area (Å²) in [5.41, 5.74) is 0.988. The Labute approximate surface area is 102 Å². The Bertz CT molecular complexity index is 380. The lowest BCUT2D eigenvalue weighted by molar-refractivity contribution is -0.131. The van der Waals surface area contributed by atoms with Crippen molar-refractivity contribution < 1.29 is 9.59 Å². The van der Waals surface area contributed by atoms with Gasteiger partial charge in [0, 0.05) is 30.7 Å². The van der Waals surface area contributed by atoms with Crippen molar-refractivity contribution in [2.24, 2.45) is 5.92 Å². The molecule has 1 saturated carbocycles. The van der Waals surface area contributed by atoms with Crippen LogP contribution in [0.15, 0.2) is 11.8 Å². The molecule has 92 valence electrons. The van der Waals surface area contributed by atoms with E-state index in [4.69, 9.17) is 0 Å². The van der Waals surface area contributed by atoms with Crippen LogP contribution in [0.5, 0.6) is 0 Å². The zero-order valence-electron chi connectivity index (χ0n) is 10.2. The van der Waals surface area contributed by atoms with Gasteiger partial charge in [-0.05, 0) is 25.2 Å². The van der Waals surface area contributed by atoms with Gasteiger partial charge in [0.2, 0.25) is 5.91 Å². The monoisotopic (exact) mass is 233 g/mol. The second-order valence-corrected chi connectivity index (χ2v) is 5.54. The molecular formula is C14H19NO2. The Balaban J connectivity index is 1.85. The van der Waals surface area contributed by atoms with Crippen molar-refractivity contribution in [3.8, 4) is 0 Å². The number of carbonyl (C=O) groups is 2. The maximum atomic E-state index is 11.9. The van der Waals surface area contributed by atoms with Crippen LogP contribution in [0.3, 0.4) is 0 Å². The average molecular weight is 233 g/mol. The van der Waals surface area contributed by atoms with Crippen LogP contribution >= 0.6 is 0 Å². The smallest absolute Gasteiger partial charge is 0.227 e. The maximum absolute atomic E-state index is 11.9. The summed E-state index contributed by atoms with van der Waals surface area (Å²) in [6.07, 6.45) is 9.84. The van der Waals surface area contributed by atoms with E-state index in [0.717, 1.165) is 12.1 Å². The third-order valence-corrected chi connectivity index (χ3v) is 4.44. The highest BCUT2D eigenvalue weighted by Crippen LogP contribution is 2.38. The first-order valence-corrected chi connectivity index (χ1v) is 6.81. The fourth-order valence-electron chi connectivity index (χ4n) is 3.61. The van der Waals surface area contributed by atoms with Gasteiger partial charge in [-0.3, -0.25) is 9.59 Å². The maximum Gasteiger partial charge on any atom is 0.227 e. The average Bonchev–Trinajstić information content (AvgIpc) is 2.71. The third kappa shape index (κ3) is 1.92. The van der Waals surface area contributed by atoms with E-state index in [1.54, 1.807) is 6.08 Å². The number of hydrogen-bond acceptors (Lipinski definition) is 2. The number of nitrogens with zero attached hydrogens (tertiary/aromatic N) is 1. The van der Waals surface area contributed by atoms with Crippen molar-refractivity contribution in [1.82, 2.24) is 4.90 Å². The minimum absolute atomic E-state index is 0.179. The summed E-state index contributed by atoms with van der Waals surface area (Å²) in [5.74, 6) is 1.01. The van der Waals surface area contributed by atoms with Gasteiger partial charge in [-0.1, -0.05) is 19.3 Å². The predicted molar refractivity (Wildman–Crippen MR) is 64.2 cm³/mol. The van der Waals surface area contributed by atoms with E-state index < -0.39 is 0 Å². The Morgan fingerprint density at radius 1 is 1.06 bits per heavy atom. The molecule has 0 bridgehead atoms. The largest absolute Gasteiger partial charge is 0.312 e. The topological polar surface area (TPSA) is 37.4 Å². The second kappa shape index (κ2) is 4.28. The molecular weight excluding hydrogens is 214 g/mol. The van der Waals surface area contributed by atoms with Gasteiger partial charge in [-0.25, -0.2) is 0 Å². The minimum Gasteiger partial charge on any atom is -0.312 e. The Hall–Kier alpha value is -1.12. The predicted octanol–water partition coefficient (Wildman–Crippen LogP) is 2.41. The normalized spacial score (nSPS) is 30.5. The van der Waals surface area contributed by atoms with Crippen molar-refractivity contribution in [3.05, 3.63) is 11.8 Å². The highest BCUT2D eigenvalue weighted by atomic mass is 16.2. The molecule has 3 heteroatoms. The number of hydrogen-bond donors (Lipinski definition) is 0. The molecule has 0 unspecified atom stereocenters. The van der Waals surface area contributed by atoms with Crippen molar-refractivity contribution in [2.45, 2.75) is 57.4 Å². The van der Waals surface area contributed by atoms with Gasteiger partial charge < -0.3 is 4.90 Å². The molecule has 3 aliphatic rings. The molecule has 17 heavy (non-hydrogen) atoms. The van der Waals surface area contributed by atoms with Crippen molar-refractivity contribution >= 4 is 11.7 Å². The lowest BCUT2D eigenvalue weighted by Gasteiger charge is -2.39. The van der Waals surface area contributed by atoms with E-state index in [-0.39, 0.29) is 17.7 Å². The number of fused-ring (bicyclic) bond motifs is 1. The summed E-state index contributed by atoms with van der Waals surface area (Å²) >= 11 is 0. The van der Waals surface area contributed by atoms with E-state index in [1.807, 2.05) is 4.90 Å². The van der Waals surface area contributed by atoms with Gasteiger partial charge in [0.1, 0.15) is 0 Å². The van der Waals surface area contributed by atoms with Gasteiger partial charge in [0.25, 0.3) is 0 Å². The second-order valence-electron chi connectivity index (χ2n) is 5.54. The van der Waals surface area contributed by atoms with E-state index >= 15 is 0 Å². The molecule has 1 atom stereocenters. The van der Waals surface area contributed by atoms with Gasteiger partial charge in [-0.2, -0.15) is 0 Å². The zero-order valence-corrected chi connectivity index (χ0v) is 10.2. The molecule has 3 nitrogen and oxygen atoms in total. The van der Waals surface area contributed by atoms with E-state index in [0.29, 0.717) is 18.8 Å². The van der Waals surface area contributed by atoms with E-state index in [9.17, 15) is 9.59 Å². The molecule has 1 aliphatic carbocycles. The quantitative estimate of drug-likeness (QED) is 0.697. The third-order valence-electron chi connectivity index (χ3n) is 4.44. The molecule has 2 aliphatic heterocycles. The summed E-state index contributed by atoms with van der Waals surface area (Å²) < 4.78 is 0. The van der Waals surface area contributed by atoms with Crippen LogP contribution in [0.2, 0.25) is 0 Å². The molecule has 0 aromatic carbocycles. The van der Waals surface area contributed by atoms with Crippen LogP contribution in [0, 0.1) is 5.92 Å². The fourth-order valence-corrected chi connectivity index (χ4v) is 3.61. The highest BCUT2D eigenvalue weighted by molar-refractivity contribution is 5.95. The number of amides is 1. The molecule has 1 saturated heterocycles. The molecule has 3 rings (SSSR count). The van der Waals surface area contributed by atoms with Gasteiger partial charge in [0.15, 0.2) is 5.78 Å². The number of rotatable bonds is 1. The molecule has 1 amide bonds. The van der Waals surface area contributed by atoms with Crippen LogP contribution in [0.1, 0.15) is 51.4 Å². The first kappa shape index (κ1) is 11.0. The van der Waals surface area contributed by atoms with E-state index in [1.165, 1.54) is 32.1 Å². The first-order valence-electron chi connectivity index (χ1n) is 6.81. The standard InChI is InChI=1S/C14H19NO2/c16-12-8-11-6-7-14(17)15(11)13(9-12)10-4-2-1-3-5-10/h8,10,13H,1-7,9H2/t13-/m0/s1. The van der Waals surface area contributed by atoms with Crippen molar-refractivity contribution in [2.75, 3.05) is 0 Å². The van der Waals surface area contributed by atoms with Crippen molar-refractivity contribution in [1.29, 1.82) is 0 Å². The summed E-state index contributed by atoms with van der Waals surface area (Å²) in [6, 6.07) is 0.179. The van der Waals surface area contributed by atoms with Gasteiger partial charge >= 0.3 is 0 Å². The van der Waals surface area contributed by atoms with Crippen LogP contribution in [0.4, 0.5) is 0 Å². The fraction of sp³-hybridized carbons (Fsp3) is 0.714. The molecule has 0 N–H and O–H groups in total. The zero-order chi connectivity index (χ0) is 11.8. The summed E-state index contributed by atoms with van der Waals surface area (Å²) in [4.78, 5) is 25.6. The molecule has 2 fully saturated rings.